The predicted octanol–water partition coefficient (Wildman–Crippen LogP) is 3.57. The first-order valence-electron chi connectivity index (χ1n) is 6.58. The SMILES string of the molecule is C[C@@H](CC1CCCCC1)CI(C)N[C@@H](C)O. The van der Waals surface area contributed by atoms with Crippen LogP contribution in [0.3, 0.4) is 0 Å². The molecule has 1 aliphatic carbocycles. The Morgan fingerprint density at radius 1 is 1.25 bits per heavy atom. The van der Waals surface area contributed by atoms with E-state index in [0.717, 1.165) is 11.8 Å². The van der Waals surface area contributed by atoms with Crippen molar-refractivity contribution in [3.05, 3.63) is 0 Å². The first-order chi connectivity index (χ1) is 7.58. The van der Waals surface area contributed by atoms with E-state index in [4.69, 9.17) is 0 Å². The van der Waals surface area contributed by atoms with E-state index >= 15 is 0 Å². The monoisotopic (exact) mass is 341 g/mol. The standard InChI is InChI=1S/C13H28INO/c1-11(10-14(3)15-12(2)16)9-13-7-5-4-6-8-13/h11-13,15-16H,4-10H2,1-3H3/t11-,12+/m0/s1. The number of hydrogen-bond donors (Lipinski definition) is 2. The van der Waals surface area contributed by atoms with Gasteiger partial charge in [-0.1, -0.05) is 0 Å². The molecule has 0 aromatic heterocycles. The van der Waals surface area contributed by atoms with E-state index in [1.54, 1.807) is 0 Å². The molecule has 0 unspecified atom stereocenters. The fourth-order valence-corrected chi connectivity index (χ4v) is 7.17. The van der Waals surface area contributed by atoms with Crippen LogP contribution in [0.25, 0.3) is 0 Å². The van der Waals surface area contributed by atoms with Crippen molar-refractivity contribution in [1.29, 1.82) is 0 Å². The molecule has 2 nitrogen and oxygen atoms in total. The normalized spacial score (nSPS) is 22.9. The minimum absolute atomic E-state index is 0.308. The fourth-order valence-electron chi connectivity index (χ4n) is 2.76. The molecule has 0 radical (unpaired) electrons. The van der Waals surface area contributed by atoms with E-state index in [-0.39, 0.29) is 6.23 Å². The minimum atomic E-state index is -1.06. The number of aliphatic hydroxyl groups is 1. The molecule has 0 aromatic rings. The van der Waals surface area contributed by atoms with Gasteiger partial charge in [0.15, 0.2) is 0 Å². The summed E-state index contributed by atoms with van der Waals surface area (Å²) in [4.78, 5) is 2.33. The van der Waals surface area contributed by atoms with Crippen LogP contribution >= 0.6 is 20.1 Å². The maximum atomic E-state index is 9.29. The molecule has 2 N–H and O–H groups in total. The van der Waals surface area contributed by atoms with Crippen LogP contribution < -0.4 is 3.53 Å². The molecule has 0 saturated heterocycles. The van der Waals surface area contributed by atoms with Crippen LogP contribution in [-0.4, -0.2) is 20.7 Å². The second kappa shape index (κ2) is 7.88. The van der Waals surface area contributed by atoms with E-state index in [2.05, 4.69) is 15.4 Å². The summed E-state index contributed by atoms with van der Waals surface area (Å²) in [6, 6.07) is 0. The Morgan fingerprint density at radius 3 is 2.44 bits per heavy atom. The molecular weight excluding hydrogens is 313 g/mol. The van der Waals surface area contributed by atoms with Crippen LogP contribution in [0, 0.1) is 11.8 Å². The summed E-state index contributed by atoms with van der Waals surface area (Å²) in [6.07, 6.45) is 8.41. The van der Waals surface area contributed by atoms with Crippen molar-refractivity contribution >= 4 is 20.1 Å². The quantitative estimate of drug-likeness (QED) is 0.335. The zero-order valence-corrected chi connectivity index (χ0v) is 13.2. The van der Waals surface area contributed by atoms with E-state index in [0.29, 0.717) is 0 Å². The van der Waals surface area contributed by atoms with Crippen molar-refractivity contribution in [2.24, 2.45) is 11.8 Å². The Kier molecular flexibility index (Phi) is 7.24. The summed E-state index contributed by atoms with van der Waals surface area (Å²) in [6.45, 7) is 4.23. The van der Waals surface area contributed by atoms with Crippen LogP contribution in [0.5, 0.6) is 0 Å². The van der Waals surface area contributed by atoms with Gasteiger partial charge in [-0.05, 0) is 0 Å². The van der Waals surface area contributed by atoms with Gasteiger partial charge in [-0.2, -0.15) is 0 Å². The average molecular weight is 341 g/mol. The summed E-state index contributed by atoms with van der Waals surface area (Å²) >= 11 is -1.06. The van der Waals surface area contributed by atoms with Crippen molar-refractivity contribution < 1.29 is 5.11 Å². The number of rotatable bonds is 6. The molecule has 0 amide bonds. The van der Waals surface area contributed by atoms with E-state index in [9.17, 15) is 5.11 Å². The van der Waals surface area contributed by atoms with Crippen LogP contribution in [0.1, 0.15) is 52.4 Å². The topological polar surface area (TPSA) is 32.3 Å². The third-order valence-electron chi connectivity index (χ3n) is 3.30. The van der Waals surface area contributed by atoms with Gasteiger partial charge in [0.25, 0.3) is 0 Å². The molecule has 98 valence electrons. The van der Waals surface area contributed by atoms with Crippen LogP contribution in [0.15, 0.2) is 0 Å². The van der Waals surface area contributed by atoms with Gasteiger partial charge in [0, 0.05) is 0 Å². The molecular formula is C13H28INO. The van der Waals surface area contributed by atoms with E-state index < -0.39 is 20.1 Å². The Bertz CT molecular complexity index is 181. The molecule has 0 aliphatic heterocycles. The molecule has 16 heavy (non-hydrogen) atoms. The van der Waals surface area contributed by atoms with Gasteiger partial charge < -0.3 is 0 Å². The average Bonchev–Trinajstić information content (AvgIpc) is 2.17. The maximum absolute atomic E-state index is 9.29. The number of alkyl halides is 2. The first-order valence-corrected chi connectivity index (χ1v) is 11.3. The number of aliphatic hydroxyl groups excluding tert-OH is 1. The summed E-state index contributed by atoms with van der Waals surface area (Å²) in [7, 11) is 0. The third-order valence-corrected chi connectivity index (χ3v) is 8.09. The summed E-state index contributed by atoms with van der Waals surface area (Å²) in [5.74, 6) is 1.85. The summed E-state index contributed by atoms with van der Waals surface area (Å²) in [5, 5.41) is 9.29. The van der Waals surface area contributed by atoms with E-state index in [1.807, 2.05) is 6.92 Å². The molecule has 3 heteroatoms. The second-order valence-electron chi connectivity index (χ2n) is 5.37. The predicted molar refractivity (Wildman–Crippen MR) is 80.0 cm³/mol. The van der Waals surface area contributed by atoms with Crippen molar-refractivity contribution in [2.45, 2.75) is 58.6 Å². The van der Waals surface area contributed by atoms with Crippen molar-refractivity contribution in [3.8, 4) is 0 Å². The van der Waals surface area contributed by atoms with Crippen molar-refractivity contribution in [2.75, 3.05) is 9.36 Å². The molecule has 0 heterocycles. The van der Waals surface area contributed by atoms with Crippen LogP contribution in [-0.2, 0) is 0 Å². The molecule has 1 rings (SSSR count). The number of nitrogens with one attached hydrogen (secondary N) is 1. The van der Waals surface area contributed by atoms with Crippen LogP contribution in [0.4, 0.5) is 0 Å². The number of halogens is 1. The van der Waals surface area contributed by atoms with E-state index in [1.165, 1.54) is 43.0 Å². The zero-order valence-electron chi connectivity index (χ0n) is 11.0. The summed E-state index contributed by atoms with van der Waals surface area (Å²) in [5.41, 5.74) is 0. The van der Waals surface area contributed by atoms with Gasteiger partial charge in [-0.3, -0.25) is 0 Å². The van der Waals surface area contributed by atoms with Crippen molar-refractivity contribution in [3.63, 3.8) is 0 Å². The molecule has 0 bridgehead atoms. The molecule has 1 aliphatic rings. The Balaban J connectivity index is 2.15. The Labute approximate surface area is 108 Å². The molecule has 0 spiro atoms. The Hall–Kier alpha value is 0.650. The molecule has 1 fully saturated rings. The first kappa shape index (κ1) is 14.7. The molecule has 1 saturated carbocycles. The van der Waals surface area contributed by atoms with Gasteiger partial charge >= 0.3 is 109 Å². The van der Waals surface area contributed by atoms with Crippen molar-refractivity contribution in [1.82, 2.24) is 3.53 Å². The Morgan fingerprint density at radius 2 is 1.88 bits per heavy atom. The number of hydrogen-bond acceptors (Lipinski definition) is 2. The molecule has 0 aromatic carbocycles. The second-order valence-corrected chi connectivity index (χ2v) is 10.2. The molecule has 2 atom stereocenters. The van der Waals surface area contributed by atoms with Gasteiger partial charge in [-0.25, -0.2) is 0 Å². The zero-order chi connectivity index (χ0) is 12.0. The van der Waals surface area contributed by atoms with Crippen LogP contribution in [0.2, 0.25) is 0 Å². The third kappa shape index (κ3) is 6.40. The summed E-state index contributed by atoms with van der Waals surface area (Å²) < 4.78 is 4.66. The fraction of sp³-hybridized carbons (Fsp3) is 1.00. The van der Waals surface area contributed by atoms with Gasteiger partial charge in [0.1, 0.15) is 0 Å². The van der Waals surface area contributed by atoms with Gasteiger partial charge in [0.2, 0.25) is 0 Å². The van der Waals surface area contributed by atoms with Gasteiger partial charge in [0.05, 0.1) is 0 Å². The van der Waals surface area contributed by atoms with Gasteiger partial charge in [-0.15, -0.1) is 0 Å².